The number of hydrogen-bond donors (Lipinski definition) is 2. The molecular weight excluding hydrogens is 529 g/mol. The van der Waals surface area contributed by atoms with Gasteiger partial charge in [0.05, 0.1) is 5.69 Å². The number of nitrogens with zero attached hydrogens (tertiary/aromatic N) is 4. The fourth-order valence-corrected chi connectivity index (χ4v) is 4.37. The fourth-order valence-electron chi connectivity index (χ4n) is 3.80. The van der Waals surface area contributed by atoms with Crippen LogP contribution in [0.15, 0.2) is 60.8 Å². The minimum atomic E-state index is -0.899. The third-order valence-corrected chi connectivity index (χ3v) is 6.01. The van der Waals surface area contributed by atoms with E-state index in [0.29, 0.717) is 21.3 Å². The van der Waals surface area contributed by atoms with Crippen LogP contribution in [0.3, 0.4) is 0 Å². The summed E-state index contributed by atoms with van der Waals surface area (Å²) >= 11 is 12.1. The first-order chi connectivity index (χ1) is 18.1. The lowest BCUT2D eigenvalue weighted by Gasteiger charge is -2.25. The number of carbonyl (C=O) groups excluding carboxylic acids is 3. The van der Waals surface area contributed by atoms with Gasteiger partial charge in [0, 0.05) is 42.3 Å². The van der Waals surface area contributed by atoms with Crippen LogP contribution in [0.25, 0.3) is 10.9 Å². The van der Waals surface area contributed by atoms with Crippen LogP contribution in [-0.2, 0) is 16.1 Å². The number of benzene rings is 2. The van der Waals surface area contributed by atoms with E-state index in [0.717, 1.165) is 15.4 Å². The maximum Gasteiger partial charge on any atom is 0.322 e. The number of fused-ring (bicyclic) bond motifs is 1. The third kappa shape index (κ3) is 5.53. The minimum Gasteiger partial charge on any atom is -0.504 e. The molecule has 0 bridgehead atoms. The first-order valence-corrected chi connectivity index (χ1v) is 12.2. The normalized spacial score (nSPS) is 10.8. The number of aromatic hydroxyl groups is 1. The lowest BCUT2D eigenvalue weighted by molar-refractivity contribution is -0.142. The average Bonchev–Trinajstić information content (AvgIpc) is 2.87. The van der Waals surface area contributed by atoms with Crippen LogP contribution in [0, 0.1) is 6.92 Å². The molecule has 9 nitrogen and oxygen atoms in total. The molecule has 194 valence electrons. The van der Waals surface area contributed by atoms with Crippen molar-refractivity contribution in [2.75, 3.05) is 19.0 Å². The number of pyridine rings is 2. The number of aryl methyl sites for hydroxylation is 1. The van der Waals surface area contributed by atoms with Gasteiger partial charge in [0.2, 0.25) is 0 Å². The number of amides is 3. The van der Waals surface area contributed by atoms with Crippen molar-refractivity contribution < 1.29 is 19.5 Å². The molecule has 0 aliphatic heterocycles. The molecule has 2 N–H and O–H groups in total. The van der Waals surface area contributed by atoms with E-state index in [-0.39, 0.29) is 29.0 Å². The zero-order valence-corrected chi connectivity index (χ0v) is 22.2. The second-order valence-corrected chi connectivity index (χ2v) is 9.54. The van der Waals surface area contributed by atoms with Crippen LogP contribution in [0.4, 0.5) is 11.5 Å². The van der Waals surface area contributed by atoms with E-state index in [4.69, 9.17) is 23.2 Å². The lowest BCUT2D eigenvalue weighted by atomic mass is 10.1. The molecule has 11 heteroatoms. The summed E-state index contributed by atoms with van der Waals surface area (Å²) in [6.45, 7) is 1.88. The predicted octanol–water partition coefficient (Wildman–Crippen LogP) is 4.63. The molecular formula is C27H23Cl2N5O4. The quantitative estimate of drug-likeness (QED) is 0.349. The van der Waals surface area contributed by atoms with Crippen LogP contribution in [0.1, 0.15) is 21.6 Å². The molecule has 0 spiro atoms. The Kier molecular flexibility index (Phi) is 7.80. The first-order valence-electron chi connectivity index (χ1n) is 11.4. The van der Waals surface area contributed by atoms with Crippen molar-refractivity contribution in [2.45, 2.75) is 13.5 Å². The molecule has 2 heterocycles. The van der Waals surface area contributed by atoms with Gasteiger partial charge in [0.15, 0.2) is 17.3 Å². The number of aromatic nitrogens is 2. The van der Waals surface area contributed by atoms with Gasteiger partial charge in [-0.3, -0.25) is 24.3 Å². The minimum absolute atomic E-state index is 0.0346. The Balaban J connectivity index is 1.86. The molecule has 3 amide bonds. The zero-order valence-electron chi connectivity index (χ0n) is 20.7. The van der Waals surface area contributed by atoms with Crippen molar-refractivity contribution in [1.29, 1.82) is 0 Å². The van der Waals surface area contributed by atoms with Crippen LogP contribution in [0.2, 0.25) is 10.0 Å². The van der Waals surface area contributed by atoms with Crippen molar-refractivity contribution >= 4 is 63.3 Å². The van der Waals surface area contributed by atoms with Gasteiger partial charge >= 0.3 is 11.8 Å². The number of anilines is 2. The molecule has 0 radical (unpaired) electrons. The van der Waals surface area contributed by atoms with Crippen molar-refractivity contribution in [3.05, 3.63) is 87.7 Å². The number of hydrogen-bond acceptors (Lipinski definition) is 6. The summed E-state index contributed by atoms with van der Waals surface area (Å²) in [5, 5.41) is 14.7. The Bertz CT molecular complexity index is 1550. The van der Waals surface area contributed by atoms with E-state index in [1.54, 1.807) is 48.5 Å². The van der Waals surface area contributed by atoms with Crippen LogP contribution < -0.4 is 10.2 Å². The van der Waals surface area contributed by atoms with Crippen LogP contribution in [-0.4, -0.2) is 51.8 Å². The standard InChI is InChI=1S/C27H23Cl2N5O4/c1-15-6-4-7-19(10-15)34(27(38)26(37)33(2)3)24-20-8-5-9-30-21(20)23(35)22(32-24)25(36)31-14-16-11-17(28)13-18(29)12-16/h4-13,35H,14H2,1-3H3,(H,31,36). The summed E-state index contributed by atoms with van der Waals surface area (Å²) in [5.74, 6) is -2.94. The lowest BCUT2D eigenvalue weighted by Crippen LogP contribution is -2.41. The molecule has 4 rings (SSSR count). The first kappa shape index (κ1) is 26.8. The van der Waals surface area contributed by atoms with Crippen LogP contribution >= 0.6 is 23.2 Å². The Morgan fingerprint density at radius 1 is 0.974 bits per heavy atom. The zero-order chi connectivity index (χ0) is 27.6. The summed E-state index contributed by atoms with van der Waals surface area (Å²) in [7, 11) is 2.92. The summed E-state index contributed by atoms with van der Waals surface area (Å²) in [6, 6.07) is 15.0. The molecule has 0 saturated heterocycles. The smallest absolute Gasteiger partial charge is 0.322 e. The van der Waals surface area contributed by atoms with E-state index in [1.807, 2.05) is 13.0 Å². The summed E-state index contributed by atoms with van der Waals surface area (Å²) < 4.78 is 0. The Morgan fingerprint density at radius 2 is 1.68 bits per heavy atom. The average molecular weight is 552 g/mol. The molecule has 0 aliphatic carbocycles. The summed E-state index contributed by atoms with van der Waals surface area (Å²) in [4.78, 5) is 50.4. The fraction of sp³-hybridized carbons (Fsp3) is 0.148. The molecule has 2 aromatic heterocycles. The SMILES string of the molecule is Cc1cccc(N(C(=O)C(=O)N(C)C)c2nc(C(=O)NCc3cc(Cl)cc(Cl)c3)c(O)c3ncccc23)c1. The highest BCUT2D eigenvalue weighted by Gasteiger charge is 2.31. The van der Waals surface area contributed by atoms with E-state index in [2.05, 4.69) is 15.3 Å². The number of rotatable bonds is 5. The van der Waals surface area contributed by atoms with E-state index < -0.39 is 23.5 Å². The topological polar surface area (TPSA) is 116 Å². The van der Waals surface area contributed by atoms with E-state index in [1.165, 1.54) is 20.3 Å². The van der Waals surface area contributed by atoms with Crippen molar-refractivity contribution in [3.8, 4) is 5.75 Å². The largest absolute Gasteiger partial charge is 0.504 e. The molecule has 0 atom stereocenters. The second kappa shape index (κ2) is 11.0. The Labute approximate surface area is 228 Å². The molecule has 38 heavy (non-hydrogen) atoms. The molecule has 0 saturated carbocycles. The van der Waals surface area contributed by atoms with Crippen molar-refractivity contribution in [1.82, 2.24) is 20.2 Å². The Hall–Kier alpha value is -4.21. The van der Waals surface area contributed by atoms with Gasteiger partial charge in [-0.2, -0.15) is 0 Å². The number of nitrogens with one attached hydrogen (secondary N) is 1. The molecule has 2 aromatic carbocycles. The monoisotopic (exact) mass is 551 g/mol. The Morgan fingerprint density at radius 3 is 2.34 bits per heavy atom. The predicted molar refractivity (Wildman–Crippen MR) is 146 cm³/mol. The maximum atomic E-state index is 13.5. The highest BCUT2D eigenvalue weighted by molar-refractivity contribution is 6.42. The number of halogens is 2. The highest BCUT2D eigenvalue weighted by Crippen LogP contribution is 2.36. The number of likely N-dealkylation sites (N-methyl/N-ethyl adjacent to an activating group) is 1. The van der Waals surface area contributed by atoms with Gasteiger partial charge in [-0.25, -0.2) is 4.98 Å². The second-order valence-electron chi connectivity index (χ2n) is 8.67. The van der Waals surface area contributed by atoms with Gasteiger partial charge in [0.25, 0.3) is 5.91 Å². The van der Waals surface area contributed by atoms with Gasteiger partial charge in [-0.1, -0.05) is 35.3 Å². The maximum absolute atomic E-state index is 13.5. The van der Waals surface area contributed by atoms with Gasteiger partial charge in [-0.15, -0.1) is 0 Å². The molecule has 0 aliphatic rings. The third-order valence-electron chi connectivity index (χ3n) is 5.57. The van der Waals surface area contributed by atoms with Crippen molar-refractivity contribution in [2.24, 2.45) is 0 Å². The molecule has 0 unspecified atom stereocenters. The van der Waals surface area contributed by atoms with E-state index in [9.17, 15) is 19.5 Å². The van der Waals surface area contributed by atoms with E-state index >= 15 is 0 Å². The highest BCUT2D eigenvalue weighted by atomic mass is 35.5. The summed E-state index contributed by atoms with van der Waals surface area (Å²) in [5.41, 5.74) is 1.48. The van der Waals surface area contributed by atoms with Gasteiger partial charge < -0.3 is 15.3 Å². The van der Waals surface area contributed by atoms with Crippen LogP contribution in [0.5, 0.6) is 5.75 Å². The van der Waals surface area contributed by atoms with Gasteiger partial charge in [0.1, 0.15) is 5.52 Å². The summed E-state index contributed by atoms with van der Waals surface area (Å²) in [6.07, 6.45) is 1.44. The molecule has 0 fully saturated rings. The number of carbonyl (C=O) groups is 3. The molecule has 4 aromatic rings. The van der Waals surface area contributed by atoms with Crippen molar-refractivity contribution in [3.63, 3.8) is 0 Å². The van der Waals surface area contributed by atoms with Gasteiger partial charge in [-0.05, 0) is 60.5 Å².